The van der Waals surface area contributed by atoms with Crippen molar-refractivity contribution in [1.82, 2.24) is 0 Å². The summed E-state index contributed by atoms with van der Waals surface area (Å²) in [7, 11) is 0. The second-order valence-electron chi connectivity index (χ2n) is 9.66. The first-order valence-electron chi connectivity index (χ1n) is 11.5. The summed E-state index contributed by atoms with van der Waals surface area (Å²) in [5.41, 5.74) is -3.75. The van der Waals surface area contributed by atoms with Gasteiger partial charge >= 0.3 is 0 Å². The maximum atomic E-state index is 14.6. The van der Waals surface area contributed by atoms with Crippen molar-refractivity contribution in [1.29, 1.82) is 0 Å². The average Bonchev–Trinajstić information content (AvgIpc) is 2.82. The van der Waals surface area contributed by atoms with Crippen LogP contribution in [0.3, 0.4) is 0 Å². The molecule has 0 bridgehead atoms. The van der Waals surface area contributed by atoms with Crippen molar-refractivity contribution < 1.29 is 48.7 Å². The van der Waals surface area contributed by atoms with Gasteiger partial charge in [0.2, 0.25) is 5.78 Å². The number of carbonyl (C=O) groups excluding carboxylic acids is 3. The number of aliphatic hydroxyl groups is 4. The van der Waals surface area contributed by atoms with Gasteiger partial charge in [0, 0.05) is 29.9 Å². The smallest absolute Gasteiger partial charge is 0.204 e. The number of halogens is 2. The Labute approximate surface area is 208 Å². The summed E-state index contributed by atoms with van der Waals surface area (Å²) in [6, 6.07) is 6.82. The molecule has 5 N–H and O–H groups in total. The van der Waals surface area contributed by atoms with Crippen LogP contribution in [0.25, 0.3) is 11.6 Å². The molecule has 0 spiro atoms. The highest BCUT2D eigenvalue weighted by Crippen LogP contribution is 2.55. The highest BCUT2D eigenvalue weighted by atomic mass is 19.1. The topological polar surface area (TPSA) is 152 Å². The molecule has 0 radical (unpaired) electrons. The first-order valence-corrected chi connectivity index (χ1v) is 11.5. The molecular weight excluding hydrogens is 490 g/mol. The number of ketones is 3. The molecule has 192 valence electrons. The van der Waals surface area contributed by atoms with Gasteiger partial charge in [-0.25, -0.2) is 8.78 Å². The second-order valence-corrected chi connectivity index (χ2v) is 9.66. The van der Waals surface area contributed by atoms with E-state index < -0.39 is 88.0 Å². The van der Waals surface area contributed by atoms with E-state index in [-0.39, 0.29) is 22.3 Å². The molecule has 8 nitrogen and oxygen atoms in total. The first-order chi connectivity index (χ1) is 17.4. The van der Waals surface area contributed by atoms with Crippen LogP contribution in [-0.2, 0) is 9.59 Å². The lowest BCUT2D eigenvalue weighted by atomic mass is 9.52. The minimum absolute atomic E-state index is 0.0860. The summed E-state index contributed by atoms with van der Waals surface area (Å²) in [6.45, 7) is 0.986. The third kappa shape index (κ3) is 3.40. The van der Waals surface area contributed by atoms with Crippen LogP contribution in [0.4, 0.5) is 8.78 Å². The maximum absolute atomic E-state index is 14.6. The third-order valence-corrected chi connectivity index (χ3v) is 7.70. The van der Waals surface area contributed by atoms with Gasteiger partial charge in [-0.3, -0.25) is 14.4 Å². The lowest BCUT2D eigenvalue weighted by molar-refractivity contribution is -0.202. The molecule has 2 aromatic carbocycles. The Morgan fingerprint density at radius 2 is 1.78 bits per heavy atom. The summed E-state index contributed by atoms with van der Waals surface area (Å²) in [5, 5.41) is 55.2. The predicted octanol–water partition coefficient (Wildman–Crippen LogP) is 2.10. The number of hydrogen-bond donors (Lipinski definition) is 5. The number of rotatable bonds is 2. The number of hydrogen-bond acceptors (Lipinski definition) is 8. The molecule has 0 aromatic heterocycles. The molecule has 1 saturated carbocycles. The molecule has 37 heavy (non-hydrogen) atoms. The molecular formula is C27H22F2O8. The Bertz CT molecular complexity index is 1440. The number of Topliss-reactive ketones (excluding diaryl/α,β-unsaturated/α-hetero) is 3. The summed E-state index contributed by atoms with van der Waals surface area (Å²) >= 11 is 0. The Kier molecular flexibility index (Phi) is 5.67. The zero-order valence-corrected chi connectivity index (χ0v) is 19.4. The zero-order chi connectivity index (χ0) is 27.0. The van der Waals surface area contributed by atoms with Gasteiger partial charge in [-0.1, -0.05) is 12.1 Å². The van der Waals surface area contributed by atoms with E-state index >= 15 is 0 Å². The molecule has 0 aliphatic heterocycles. The Hall–Kier alpha value is -3.73. The van der Waals surface area contributed by atoms with E-state index in [0.29, 0.717) is 6.07 Å². The third-order valence-electron chi connectivity index (χ3n) is 7.70. The maximum Gasteiger partial charge on any atom is 0.204 e. The number of aliphatic hydroxyl groups excluding tert-OH is 3. The van der Waals surface area contributed by atoms with Crippen molar-refractivity contribution in [2.45, 2.75) is 31.2 Å². The minimum atomic E-state index is -2.81. The Morgan fingerprint density at radius 1 is 1.08 bits per heavy atom. The van der Waals surface area contributed by atoms with Crippen molar-refractivity contribution in [3.05, 3.63) is 76.1 Å². The van der Waals surface area contributed by atoms with Crippen molar-refractivity contribution in [2.75, 3.05) is 0 Å². The van der Waals surface area contributed by atoms with Gasteiger partial charge in [0.1, 0.15) is 34.8 Å². The minimum Gasteiger partial charge on any atom is -0.511 e. The van der Waals surface area contributed by atoms with Crippen LogP contribution in [-0.4, -0.2) is 60.7 Å². The van der Waals surface area contributed by atoms with Gasteiger partial charge in [-0.2, -0.15) is 0 Å². The van der Waals surface area contributed by atoms with Crippen LogP contribution < -0.4 is 0 Å². The molecule has 1 fully saturated rings. The number of aromatic hydroxyl groups is 1. The van der Waals surface area contributed by atoms with Crippen molar-refractivity contribution in [2.24, 2.45) is 17.8 Å². The van der Waals surface area contributed by atoms with Gasteiger partial charge in [-0.05, 0) is 42.3 Å². The standard InChI is InChI=1S/C27H22F2O8/c1-10(30)19-18(32)9-15-23(33)21-14(7-11-5-6-12(28)8-16(11)29)13-3-2-4-17(31)20(13)24(34)22(21)26(36)27(15,37)25(19)35/h2-8,15,21-23,26,31-33,36-37H,9H2,1H3/b14-7+/t15-,21-,22?,23-,26?,27-/m1/s1. The van der Waals surface area contributed by atoms with Crippen LogP contribution in [0.1, 0.15) is 34.8 Å². The van der Waals surface area contributed by atoms with Gasteiger partial charge in [-0.15, -0.1) is 0 Å². The molecule has 2 aromatic rings. The van der Waals surface area contributed by atoms with Crippen LogP contribution in [0.15, 0.2) is 47.7 Å². The van der Waals surface area contributed by atoms with Gasteiger partial charge in [0.05, 0.1) is 17.6 Å². The Balaban J connectivity index is 1.77. The summed E-state index contributed by atoms with van der Waals surface area (Å²) in [6.07, 6.45) is -3.23. The van der Waals surface area contributed by atoms with E-state index in [1.54, 1.807) is 0 Å². The number of carbonyl (C=O) groups is 3. The summed E-state index contributed by atoms with van der Waals surface area (Å²) in [4.78, 5) is 38.8. The normalized spacial score (nSPS) is 32.2. The fraction of sp³-hybridized carbons (Fsp3) is 0.296. The Morgan fingerprint density at radius 3 is 2.43 bits per heavy atom. The lowest BCUT2D eigenvalue weighted by Gasteiger charge is -2.55. The molecule has 0 saturated heterocycles. The van der Waals surface area contributed by atoms with E-state index in [1.807, 2.05) is 0 Å². The molecule has 3 aliphatic rings. The van der Waals surface area contributed by atoms with E-state index in [1.165, 1.54) is 24.3 Å². The van der Waals surface area contributed by atoms with Crippen molar-refractivity contribution in [3.63, 3.8) is 0 Å². The fourth-order valence-corrected chi connectivity index (χ4v) is 6.03. The highest BCUT2D eigenvalue weighted by Gasteiger charge is 2.67. The van der Waals surface area contributed by atoms with E-state index in [4.69, 9.17) is 0 Å². The number of fused-ring (bicyclic) bond motifs is 3. The van der Waals surface area contributed by atoms with Crippen LogP contribution >= 0.6 is 0 Å². The van der Waals surface area contributed by atoms with Gasteiger partial charge in [0.15, 0.2) is 17.2 Å². The van der Waals surface area contributed by atoms with Crippen LogP contribution in [0.2, 0.25) is 0 Å². The quantitative estimate of drug-likeness (QED) is 0.384. The van der Waals surface area contributed by atoms with E-state index in [9.17, 15) is 48.7 Å². The lowest BCUT2D eigenvalue weighted by Crippen LogP contribution is -2.70. The van der Waals surface area contributed by atoms with Crippen LogP contribution in [0.5, 0.6) is 5.75 Å². The molecule has 3 aliphatic carbocycles. The van der Waals surface area contributed by atoms with E-state index in [2.05, 4.69) is 0 Å². The SMILES string of the molecule is CC(=O)C1=C(O)C[C@@H]2[C@@H](O)[C@@H]3/C(=C/c4ccc(F)cc4F)c4cccc(O)c4C(=O)C3C(O)[C@]2(O)C1=O. The predicted molar refractivity (Wildman–Crippen MR) is 124 cm³/mol. The zero-order valence-electron chi connectivity index (χ0n) is 19.4. The number of phenolic OH excluding ortho intramolecular Hbond substituents is 1. The fourth-order valence-electron chi connectivity index (χ4n) is 6.03. The number of phenols is 1. The molecule has 5 rings (SSSR count). The van der Waals surface area contributed by atoms with Crippen molar-refractivity contribution in [3.8, 4) is 5.75 Å². The van der Waals surface area contributed by atoms with Crippen LogP contribution in [0, 0.1) is 29.4 Å². The average molecular weight is 512 g/mol. The molecule has 2 unspecified atom stereocenters. The molecule has 6 atom stereocenters. The highest BCUT2D eigenvalue weighted by molar-refractivity contribution is 6.24. The molecule has 0 amide bonds. The van der Waals surface area contributed by atoms with Gasteiger partial charge in [0.25, 0.3) is 0 Å². The van der Waals surface area contributed by atoms with Crippen molar-refractivity contribution >= 4 is 29.0 Å². The van der Waals surface area contributed by atoms with Gasteiger partial charge < -0.3 is 25.5 Å². The summed E-state index contributed by atoms with van der Waals surface area (Å²) < 4.78 is 28.1. The summed E-state index contributed by atoms with van der Waals surface area (Å²) in [5.74, 6) is -10.6. The monoisotopic (exact) mass is 512 g/mol. The first kappa shape index (κ1) is 24.9. The number of benzene rings is 2. The molecule has 10 heteroatoms. The van der Waals surface area contributed by atoms with E-state index in [0.717, 1.165) is 19.1 Å². The largest absolute Gasteiger partial charge is 0.511 e. The number of allylic oxidation sites excluding steroid dienone is 1. The molecule has 0 heterocycles. The second kappa shape index (κ2) is 8.41.